The summed E-state index contributed by atoms with van der Waals surface area (Å²) in [5, 5.41) is 2.37. The maximum absolute atomic E-state index is 12.8. The summed E-state index contributed by atoms with van der Waals surface area (Å²) in [6.45, 7) is 5.52. The van der Waals surface area contributed by atoms with Gasteiger partial charge in [-0.2, -0.15) is 0 Å². The molecular formula is C25H26N4O3S. The number of carbonyl (C=O) groups excluding carboxylic acids is 2. The highest BCUT2D eigenvalue weighted by atomic mass is 32.1. The van der Waals surface area contributed by atoms with Crippen molar-refractivity contribution in [1.82, 2.24) is 14.8 Å². The van der Waals surface area contributed by atoms with E-state index < -0.39 is 0 Å². The Morgan fingerprint density at radius 3 is 2.58 bits per heavy atom. The van der Waals surface area contributed by atoms with Crippen molar-refractivity contribution in [2.75, 3.05) is 37.6 Å². The lowest BCUT2D eigenvalue weighted by atomic mass is 10.1. The largest absolute Gasteiger partial charge is 0.457 e. The lowest BCUT2D eigenvalue weighted by molar-refractivity contribution is -0.117. The number of anilines is 1. The summed E-state index contributed by atoms with van der Waals surface area (Å²) in [6.07, 6.45) is 2.16. The summed E-state index contributed by atoms with van der Waals surface area (Å²) < 4.78 is 5.98. The van der Waals surface area contributed by atoms with E-state index in [2.05, 4.69) is 9.88 Å². The van der Waals surface area contributed by atoms with E-state index in [1.807, 2.05) is 70.6 Å². The van der Waals surface area contributed by atoms with Gasteiger partial charge in [-0.25, -0.2) is 4.98 Å². The molecule has 2 fully saturated rings. The molecule has 8 heteroatoms. The third kappa shape index (κ3) is 4.62. The number of carbonyl (C=O) groups is 2. The Labute approximate surface area is 197 Å². The number of benzene rings is 2. The fourth-order valence-electron chi connectivity index (χ4n) is 4.47. The third-order valence-corrected chi connectivity index (χ3v) is 7.04. The van der Waals surface area contributed by atoms with Crippen LogP contribution in [0.5, 0.6) is 11.5 Å². The predicted molar refractivity (Wildman–Crippen MR) is 128 cm³/mol. The number of aromatic nitrogens is 1. The molecule has 0 radical (unpaired) electrons. The summed E-state index contributed by atoms with van der Waals surface area (Å²) in [5.74, 6) is 1.71. The van der Waals surface area contributed by atoms with Crippen LogP contribution in [0, 0.1) is 6.92 Å². The van der Waals surface area contributed by atoms with Crippen molar-refractivity contribution in [2.45, 2.75) is 19.4 Å². The van der Waals surface area contributed by atoms with Crippen LogP contribution in [0.3, 0.4) is 0 Å². The standard InChI is InChI=1S/C25H26N4O3S/c1-18-15-19(7-8-22(18)32-21-5-3-2-4-6-21)29-17-20(16-23(29)30)27-10-12-28(13-11-27)25(31)24-26-9-14-33-24/h2-9,14-15,20H,10-13,16-17H2,1H3. The lowest BCUT2D eigenvalue weighted by Crippen LogP contribution is -2.52. The molecule has 5 rings (SSSR count). The number of thiazole rings is 1. The molecule has 0 aliphatic carbocycles. The quantitative estimate of drug-likeness (QED) is 0.577. The topological polar surface area (TPSA) is 66.0 Å². The Hall–Kier alpha value is -3.23. The zero-order valence-electron chi connectivity index (χ0n) is 18.5. The minimum atomic E-state index is 0.00191. The van der Waals surface area contributed by atoms with E-state index in [1.165, 1.54) is 11.3 Å². The monoisotopic (exact) mass is 462 g/mol. The molecule has 2 saturated heterocycles. The van der Waals surface area contributed by atoms with Crippen LogP contribution >= 0.6 is 11.3 Å². The summed E-state index contributed by atoms with van der Waals surface area (Å²) in [7, 11) is 0. The molecule has 2 aliphatic heterocycles. The number of rotatable bonds is 5. The second-order valence-electron chi connectivity index (χ2n) is 8.39. The van der Waals surface area contributed by atoms with E-state index in [9.17, 15) is 9.59 Å². The average molecular weight is 463 g/mol. The molecule has 0 spiro atoms. The molecule has 0 bridgehead atoms. The van der Waals surface area contributed by atoms with Crippen molar-refractivity contribution in [3.05, 3.63) is 70.7 Å². The smallest absolute Gasteiger partial charge is 0.282 e. The van der Waals surface area contributed by atoms with Gasteiger partial charge >= 0.3 is 0 Å². The number of nitrogens with zero attached hydrogens (tertiary/aromatic N) is 4. The maximum Gasteiger partial charge on any atom is 0.282 e. The van der Waals surface area contributed by atoms with Gasteiger partial charge in [-0.1, -0.05) is 18.2 Å². The molecule has 33 heavy (non-hydrogen) atoms. The van der Waals surface area contributed by atoms with Gasteiger partial charge in [-0.05, 0) is 42.8 Å². The molecule has 2 amide bonds. The van der Waals surface area contributed by atoms with E-state index in [4.69, 9.17) is 4.74 Å². The van der Waals surface area contributed by atoms with Gasteiger partial charge < -0.3 is 14.5 Å². The van der Waals surface area contributed by atoms with E-state index in [0.717, 1.165) is 35.8 Å². The number of hydrogen-bond acceptors (Lipinski definition) is 6. The molecule has 1 unspecified atom stereocenters. The van der Waals surface area contributed by atoms with Crippen molar-refractivity contribution in [3.63, 3.8) is 0 Å². The van der Waals surface area contributed by atoms with E-state index >= 15 is 0 Å². The number of piperazine rings is 1. The molecule has 2 aliphatic rings. The zero-order chi connectivity index (χ0) is 22.8. The van der Waals surface area contributed by atoms with Crippen molar-refractivity contribution in [3.8, 4) is 11.5 Å². The molecule has 2 aromatic carbocycles. The Kier molecular flexibility index (Phi) is 6.11. The number of para-hydroxylation sites is 1. The second kappa shape index (κ2) is 9.33. The van der Waals surface area contributed by atoms with Crippen molar-refractivity contribution in [1.29, 1.82) is 0 Å². The highest BCUT2D eigenvalue weighted by Crippen LogP contribution is 2.31. The first-order chi connectivity index (χ1) is 16.1. The third-order valence-electron chi connectivity index (χ3n) is 6.28. The Morgan fingerprint density at radius 2 is 1.88 bits per heavy atom. The van der Waals surface area contributed by atoms with Crippen LogP contribution in [0.15, 0.2) is 60.1 Å². The first kappa shape index (κ1) is 21.6. The first-order valence-electron chi connectivity index (χ1n) is 11.2. The van der Waals surface area contributed by atoms with Crippen LogP contribution in [0.4, 0.5) is 5.69 Å². The van der Waals surface area contributed by atoms with Crippen molar-refractivity contribution < 1.29 is 14.3 Å². The normalized spacial score (nSPS) is 19.2. The molecule has 3 heterocycles. The van der Waals surface area contributed by atoms with Gasteiger partial charge in [0.05, 0.1) is 0 Å². The number of amides is 2. The number of aryl methyl sites for hydroxylation is 1. The average Bonchev–Trinajstić information content (AvgIpc) is 3.51. The molecular weight excluding hydrogens is 436 g/mol. The maximum atomic E-state index is 12.8. The first-order valence-corrected chi connectivity index (χ1v) is 12.0. The zero-order valence-corrected chi connectivity index (χ0v) is 19.3. The highest BCUT2D eigenvalue weighted by molar-refractivity contribution is 7.11. The fraction of sp³-hybridized carbons (Fsp3) is 0.320. The van der Waals surface area contributed by atoms with E-state index in [-0.39, 0.29) is 17.9 Å². The van der Waals surface area contributed by atoms with E-state index in [1.54, 1.807) is 6.20 Å². The number of hydrogen-bond donors (Lipinski definition) is 0. The SMILES string of the molecule is Cc1cc(N2CC(N3CCN(C(=O)c4nccs4)CC3)CC2=O)ccc1Oc1ccccc1. The van der Waals surface area contributed by atoms with Gasteiger partial charge in [-0.15, -0.1) is 11.3 Å². The van der Waals surface area contributed by atoms with Crippen LogP contribution in [0.2, 0.25) is 0 Å². The van der Waals surface area contributed by atoms with Crippen LogP contribution in [-0.4, -0.2) is 65.4 Å². The lowest BCUT2D eigenvalue weighted by Gasteiger charge is -2.37. The van der Waals surface area contributed by atoms with Gasteiger partial charge in [0.25, 0.3) is 5.91 Å². The van der Waals surface area contributed by atoms with Crippen LogP contribution < -0.4 is 9.64 Å². The van der Waals surface area contributed by atoms with Crippen molar-refractivity contribution >= 4 is 28.8 Å². The predicted octanol–water partition coefficient (Wildman–Crippen LogP) is 3.81. The van der Waals surface area contributed by atoms with Crippen LogP contribution in [0.25, 0.3) is 0 Å². The molecule has 1 atom stereocenters. The minimum Gasteiger partial charge on any atom is -0.457 e. The molecule has 7 nitrogen and oxygen atoms in total. The molecule has 170 valence electrons. The van der Waals surface area contributed by atoms with Crippen molar-refractivity contribution in [2.24, 2.45) is 0 Å². The Bertz CT molecular complexity index is 1130. The Morgan fingerprint density at radius 1 is 1.09 bits per heavy atom. The van der Waals surface area contributed by atoms with Gasteiger partial charge in [0.2, 0.25) is 5.91 Å². The van der Waals surface area contributed by atoms with Gasteiger partial charge in [-0.3, -0.25) is 14.5 Å². The van der Waals surface area contributed by atoms with Gasteiger partial charge in [0.1, 0.15) is 11.5 Å². The molecule has 3 aromatic rings. The van der Waals surface area contributed by atoms with Crippen LogP contribution in [-0.2, 0) is 4.79 Å². The summed E-state index contributed by atoms with van der Waals surface area (Å²) in [5.41, 5.74) is 1.89. The van der Waals surface area contributed by atoms with Gasteiger partial charge in [0, 0.05) is 62.5 Å². The molecule has 0 saturated carbocycles. The summed E-state index contributed by atoms with van der Waals surface area (Å²) in [6, 6.07) is 15.7. The van der Waals surface area contributed by atoms with E-state index in [0.29, 0.717) is 31.1 Å². The molecule has 0 N–H and O–H groups in total. The number of ether oxygens (including phenoxy) is 1. The second-order valence-corrected chi connectivity index (χ2v) is 9.29. The Balaban J connectivity index is 1.20. The molecule has 1 aromatic heterocycles. The fourth-order valence-corrected chi connectivity index (χ4v) is 5.07. The highest BCUT2D eigenvalue weighted by Gasteiger charge is 2.36. The summed E-state index contributed by atoms with van der Waals surface area (Å²) >= 11 is 1.38. The summed E-state index contributed by atoms with van der Waals surface area (Å²) in [4.78, 5) is 35.6. The van der Waals surface area contributed by atoms with Crippen LogP contribution in [0.1, 0.15) is 21.8 Å². The minimum absolute atomic E-state index is 0.00191. The van der Waals surface area contributed by atoms with Gasteiger partial charge in [0.15, 0.2) is 5.01 Å².